The second-order valence-corrected chi connectivity index (χ2v) is 5.17. The lowest BCUT2D eigenvalue weighted by Gasteiger charge is -2.17. The molecule has 2 nitrogen and oxygen atoms in total. The highest BCUT2D eigenvalue weighted by Gasteiger charge is 2.10. The van der Waals surface area contributed by atoms with Gasteiger partial charge in [0.05, 0.1) is 7.11 Å². The molecule has 2 aromatic carbocycles. The number of hydrogen-bond donors (Lipinski definition) is 1. The maximum absolute atomic E-state index is 5.30. The van der Waals surface area contributed by atoms with Gasteiger partial charge in [-0.15, -0.1) is 0 Å². The molecule has 1 N–H and O–H groups in total. The highest BCUT2D eigenvalue weighted by molar-refractivity contribution is 5.29. The van der Waals surface area contributed by atoms with E-state index < -0.39 is 0 Å². The monoisotopic (exact) mass is 269 g/mol. The van der Waals surface area contributed by atoms with E-state index in [2.05, 4.69) is 53.8 Å². The molecule has 0 spiro atoms. The molecular weight excluding hydrogens is 246 g/mol. The summed E-state index contributed by atoms with van der Waals surface area (Å²) in [4.78, 5) is 0. The third-order valence-electron chi connectivity index (χ3n) is 3.52. The van der Waals surface area contributed by atoms with Crippen molar-refractivity contribution in [1.82, 2.24) is 5.32 Å². The van der Waals surface area contributed by atoms with E-state index in [1.165, 1.54) is 11.1 Å². The van der Waals surface area contributed by atoms with E-state index in [0.29, 0.717) is 5.92 Å². The lowest BCUT2D eigenvalue weighted by Crippen LogP contribution is -2.22. The summed E-state index contributed by atoms with van der Waals surface area (Å²) in [6.45, 7) is 1.02. The molecule has 0 saturated carbocycles. The molecule has 0 radical (unpaired) electrons. The Labute approximate surface area is 121 Å². The molecule has 0 heterocycles. The van der Waals surface area contributed by atoms with Crippen LogP contribution in [-0.4, -0.2) is 20.7 Å². The summed E-state index contributed by atoms with van der Waals surface area (Å²) in [6, 6.07) is 19.1. The van der Waals surface area contributed by atoms with Crippen molar-refractivity contribution in [3.8, 4) is 5.75 Å². The molecule has 0 fully saturated rings. The van der Waals surface area contributed by atoms with E-state index in [-0.39, 0.29) is 0 Å². The number of nitrogens with one attached hydrogen (secondary N) is 1. The Morgan fingerprint density at radius 3 is 2.35 bits per heavy atom. The number of benzene rings is 2. The Hall–Kier alpha value is -1.80. The smallest absolute Gasteiger partial charge is 0.119 e. The number of ether oxygens (including phenoxy) is 1. The summed E-state index contributed by atoms with van der Waals surface area (Å²) in [5.74, 6) is 1.53. The Bertz CT molecular complexity index is 510. The summed E-state index contributed by atoms with van der Waals surface area (Å²) in [6.07, 6.45) is 2.16. The molecule has 2 heteroatoms. The zero-order chi connectivity index (χ0) is 14.2. The molecule has 2 rings (SSSR count). The van der Waals surface area contributed by atoms with Crippen LogP contribution < -0.4 is 10.1 Å². The highest BCUT2D eigenvalue weighted by Crippen LogP contribution is 2.18. The van der Waals surface area contributed by atoms with Gasteiger partial charge in [0, 0.05) is 0 Å². The molecule has 0 aliphatic rings. The predicted molar refractivity (Wildman–Crippen MR) is 84.3 cm³/mol. The van der Waals surface area contributed by atoms with Gasteiger partial charge in [0.1, 0.15) is 5.75 Å². The van der Waals surface area contributed by atoms with Gasteiger partial charge in [-0.05, 0) is 55.6 Å². The van der Waals surface area contributed by atoms with Gasteiger partial charge in [-0.3, -0.25) is 0 Å². The zero-order valence-corrected chi connectivity index (χ0v) is 12.3. The van der Waals surface area contributed by atoms with E-state index in [9.17, 15) is 0 Å². The Morgan fingerprint density at radius 1 is 0.950 bits per heavy atom. The standard InChI is InChI=1S/C18H23NO/c1-19-14-17(11-15-7-4-3-5-8-15)12-16-9-6-10-18(13-16)20-2/h3-10,13,17,19H,11-12,14H2,1-2H3. The summed E-state index contributed by atoms with van der Waals surface area (Å²) in [5, 5.41) is 3.31. The maximum Gasteiger partial charge on any atom is 0.119 e. The normalized spacial score (nSPS) is 12.1. The van der Waals surface area contributed by atoms with Crippen LogP contribution in [0.2, 0.25) is 0 Å². The quantitative estimate of drug-likeness (QED) is 0.832. The average Bonchev–Trinajstić information content (AvgIpc) is 2.49. The summed E-state index contributed by atoms with van der Waals surface area (Å²) >= 11 is 0. The van der Waals surface area contributed by atoms with Crippen LogP contribution >= 0.6 is 0 Å². The first-order valence-corrected chi connectivity index (χ1v) is 7.13. The SMILES string of the molecule is CNCC(Cc1ccccc1)Cc1cccc(OC)c1. The van der Waals surface area contributed by atoms with Gasteiger partial charge < -0.3 is 10.1 Å². The topological polar surface area (TPSA) is 21.3 Å². The van der Waals surface area contributed by atoms with Crippen molar-refractivity contribution < 1.29 is 4.74 Å². The van der Waals surface area contributed by atoms with Crippen molar-refractivity contribution in [1.29, 1.82) is 0 Å². The van der Waals surface area contributed by atoms with Crippen molar-refractivity contribution in [2.75, 3.05) is 20.7 Å². The summed E-state index contributed by atoms with van der Waals surface area (Å²) in [5.41, 5.74) is 2.73. The fourth-order valence-electron chi connectivity index (χ4n) is 2.59. The minimum absolute atomic E-state index is 0.592. The largest absolute Gasteiger partial charge is 0.497 e. The maximum atomic E-state index is 5.30. The van der Waals surface area contributed by atoms with E-state index in [0.717, 1.165) is 25.1 Å². The van der Waals surface area contributed by atoms with Crippen LogP contribution in [0.1, 0.15) is 11.1 Å². The first-order valence-electron chi connectivity index (χ1n) is 7.13. The average molecular weight is 269 g/mol. The Morgan fingerprint density at radius 2 is 1.65 bits per heavy atom. The Kier molecular flexibility index (Phi) is 5.63. The fraction of sp³-hybridized carbons (Fsp3) is 0.333. The van der Waals surface area contributed by atoms with Gasteiger partial charge in [-0.1, -0.05) is 42.5 Å². The van der Waals surface area contributed by atoms with Crippen molar-refractivity contribution in [3.63, 3.8) is 0 Å². The summed E-state index contributed by atoms with van der Waals surface area (Å²) in [7, 11) is 3.73. The van der Waals surface area contributed by atoms with E-state index in [1.807, 2.05) is 13.1 Å². The molecule has 0 aliphatic heterocycles. The van der Waals surface area contributed by atoms with E-state index in [1.54, 1.807) is 7.11 Å². The molecule has 1 atom stereocenters. The van der Waals surface area contributed by atoms with Gasteiger partial charge in [-0.2, -0.15) is 0 Å². The third-order valence-corrected chi connectivity index (χ3v) is 3.52. The molecule has 1 unspecified atom stereocenters. The first kappa shape index (κ1) is 14.6. The van der Waals surface area contributed by atoms with Crippen LogP contribution in [-0.2, 0) is 12.8 Å². The van der Waals surface area contributed by atoms with Gasteiger partial charge in [0.2, 0.25) is 0 Å². The molecular formula is C18H23NO. The van der Waals surface area contributed by atoms with Crippen LogP contribution in [0.15, 0.2) is 54.6 Å². The van der Waals surface area contributed by atoms with Crippen LogP contribution in [0.3, 0.4) is 0 Å². The predicted octanol–water partition coefficient (Wildman–Crippen LogP) is 3.32. The highest BCUT2D eigenvalue weighted by atomic mass is 16.5. The van der Waals surface area contributed by atoms with Crippen LogP contribution in [0.25, 0.3) is 0 Å². The molecule has 0 saturated heterocycles. The van der Waals surface area contributed by atoms with Crippen molar-refractivity contribution in [2.24, 2.45) is 5.92 Å². The zero-order valence-electron chi connectivity index (χ0n) is 12.3. The number of methoxy groups -OCH3 is 1. The Balaban J connectivity index is 2.04. The van der Waals surface area contributed by atoms with Crippen molar-refractivity contribution in [3.05, 3.63) is 65.7 Å². The van der Waals surface area contributed by atoms with Gasteiger partial charge in [-0.25, -0.2) is 0 Å². The van der Waals surface area contributed by atoms with E-state index in [4.69, 9.17) is 4.74 Å². The third kappa shape index (κ3) is 4.39. The molecule has 106 valence electrons. The van der Waals surface area contributed by atoms with Crippen molar-refractivity contribution in [2.45, 2.75) is 12.8 Å². The minimum Gasteiger partial charge on any atom is -0.497 e. The van der Waals surface area contributed by atoms with E-state index >= 15 is 0 Å². The fourth-order valence-corrected chi connectivity index (χ4v) is 2.59. The second-order valence-electron chi connectivity index (χ2n) is 5.17. The van der Waals surface area contributed by atoms with Crippen molar-refractivity contribution >= 4 is 0 Å². The lowest BCUT2D eigenvalue weighted by molar-refractivity contribution is 0.413. The lowest BCUT2D eigenvalue weighted by atomic mass is 9.92. The van der Waals surface area contributed by atoms with Gasteiger partial charge in [0.25, 0.3) is 0 Å². The van der Waals surface area contributed by atoms with Gasteiger partial charge in [0.15, 0.2) is 0 Å². The number of rotatable bonds is 7. The summed E-state index contributed by atoms with van der Waals surface area (Å²) < 4.78 is 5.30. The molecule has 0 aromatic heterocycles. The molecule has 2 aromatic rings. The van der Waals surface area contributed by atoms with Crippen LogP contribution in [0, 0.1) is 5.92 Å². The first-order chi connectivity index (χ1) is 9.81. The minimum atomic E-state index is 0.592. The number of hydrogen-bond acceptors (Lipinski definition) is 2. The van der Waals surface area contributed by atoms with Crippen LogP contribution in [0.4, 0.5) is 0 Å². The van der Waals surface area contributed by atoms with Crippen LogP contribution in [0.5, 0.6) is 5.75 Å². The van der Waals surface area contributed by atoms with Gasteiger partial charge >= 0.3 is 0 Å². The molecule has 20 heavy (non-hydrogen) atoms. The molecule has 0 aliphatic carbocycles. The second kappa shape index (κ2) is 7.71. The molecule has 0 amide bonds. The molecule has 0 bridgehead atoms.